The molecule has 2 aromatic rings. The third kappa shape index (κ3) is 3.44. The van der Waals surface area contributed by atoms with Crippen LogP contribution in [0.4, 0.5) is 0 Å². The number of amides is 1. The fourth-order valence-corrected chi connectivity index (χ4v) is 2.47. The molecule has 1 aliphatic rings. The molecule has 0 bridgehead atoms. The lowest BCUT2D eigenvalue weighted by molar-refractivity contribution is -0.0338. The summed E-state index contributed by atoms with van der Waals surface area (Å²) in [5.41, 5.74) is 6.16. The molecule has 0 radical (unpaired) electrons. The first-order valence-electron chi connectivity index (χ1n) is 6.83. The number of nitrogens with zero attached hydrogens (tertiary/aromatic N) is 3. The Bertz CT molecular complexity index is 658. The topological polar surface area (TPSA) is 94.5 Å². The van der Waals surface area contributed by atoms with Gasteiger partial charge >= 0.3 is 11.8 Å². The van der Waals surface area contributed by atoms with Crippen LogP contribution in [0.15, 0.2) is 28.8 Å². The highest BCUT2D eigenvalue weighted by Crippen LogP contribution is 2.24. The molecule has 8 heteroatoms. The number of morpholine rings is 1. The summed E-state index contributed by atoms with van der Waals surface area (Å²) < 4.78 is 10.6. The zero-order valence-electron chi connectivity index (χ0n) is 11.7. The van der Waals surface area contributed by atoms with Gasteiger partial charge in [-0.15, -0.1) is 0 Å². The fourth-order valence-electron chi connectivity index (χ4n) is 2.34. The van der Waals surface area contributed by atoms with E-state index in [-0.39, 0.29) is 12.0 Å². The average molecular weight is 323 g/mol. The summed E-state index contributed by atoms with van der Waals surface area (Å²) in [4.78, 5) is 17.1. The molecule has 2 heterocycles. The van der Waals surface area contributed by atoms with Crippen LogP contribution in [0.5, 0.6) is 0 Å². The van der Waals surface area contributed by atoms with Crippen LogP contribution in [0.2, 0.25) is 5.02 Å². The van der Waals surface area contributed by atoms with E-state index in [0.29, 0.717) is 30.5 Å². The quantitative estimate of drug-likeness (QED) is 0.914. The second kappa shape index (κ2) is 6.43. The Balaban J connectivity index is 1.65. The van der Waals surface area contributed by atoms with Crippen molar-refractivity contribution >= 4 is 17.5 Å². The van der Waals surface area contributed by atoms with Gasteiger partial charge in [0.2, 0.25) is 0 Å². The van der Waals surface area contributed by atoms with Gasteiger partial charge < -0.3 is 15.0 Å². The Morgan fingerprint density at radius 3 is 2.86 bits per heavy atom. The first-order valence-corrected chi connectivity index (χ1v) is 7.21. The highest BCUT2D eigenvalue weighted by Gasteiger charge is 2.23. The first kappa shape index (κ1) is 15.0. The van der Waals surface area contributed by atoms with Gasteiger partial charge in [-0.25, -0.2) is 0 Å². The maximum atomic E-state index is 11.0. The SMILES string of the molecule is NC(=O)c1nc(CN2CCOC(c3ccc(Cl)cc3)C2)no1. The van der Waals surface area contributed by atoms with Crippen molar-refractivity contribution in [1.82, 2.24) is 15.0 Å². The van der Waals surface area contributed by atoms with Gasteiger partial charge in [0, 0.05) is 18.1 Å². The third-order valence-electron chi connectivity index (χ3n) is 3.44. The molecule has 1 aromatic carbocycles. The van der Waals surface area contributed by atoms with Crippen LogP contribution in [0.3, 0.4) is 0 Å². The molecular weight excluding hydrogens is 308 g/mol. The smallest absolute Gasteiger partial charge is 0.315 e. The Morgan fingerprint density at radius 2 is 2.18 bits per heavy atom. The van der Waals surface area contributed by atoms with Crippen LogP contribution >= 0.6 is 11.6 Å². The summed E-state index contributed by atoms with van der Waals surface area (Å²) in [7, 11) is 0. The van der Waals surface area contributed by atoms with Crippen LogP contribution < -0.4 is 5.73 Å². The lowest BCUT2D eigenvalue weighted by Crippen LogP contribution is -2.38. The maximum absolute atomic E-state index is 11.0. The number of carbonyl (C=O) groups excluding carboxylic acids is 1. The number of hydrogen-bond donors (Lipinski definition) is 1. The van der Waals surface area contributed by atoms with Gasteiger partial charge in [0.05, 0.1) is 19.3 Å². The van der Waals surface area contributed by atoms with Gasteiger partial charge in [0.1, 0.15) is 0 Å². The van der Waals surface area contributed by atoms with Gasteiger partial charge in [-0.1, -0.05) is 28.9 Å². The monoisotopic (exact) mass is 322 g/mol. The molecule has 0 aliphatic carbocycles. The Hall–Kier alpha value is -1.96. The number of ether oxygens (including phenoxy) is 1. The lowest BCUT2D eigenvalue weighted by atomic mass is 10.1. The van der Waals surface area contributed by atoms with Gasteiger partial charge in [0.15, 0.2) is 5.82 Å². The molecule has 1 saturated heterocycles. The number of benzene rings is 1. The van der Waals surface area contributed by atoms with Crippen LogP contribution in [0.1, 0.15) is 28.2 Å². The first-order chi connectivity index (χ1) is 10.6. The normalized spacial score (nSPS) is 19.2. The average Bonchev–Trinajstić information content (AvgIpc) is 2.97. The predicted octanol–water partition coefficient (Wildman–Crippen LogP) is 1.40. The number of aromatic nitrogens is 2. The van der Waals surface area contributed by atoms with Crippen molar-refractivity contribution < 1.29 is 14.1 Å². The Labute approximate surface area is 132 Å². The predicted molar refractivity (Wildman–Crippen MR) is 78.2 cm³/mol. The van der Waals surface area contributed by atoms with Crippen LogP contribution in [0.25, 0.3) is 0 Å². The molecule has 7 nitrogen and oxygen atoms in total. The Morgan fingerprint density at radius 1 is 1.41 bits per heavy atom. The van der Waals surface area contributed by atoms with E-state index in [9.17, 15) is 4.79 Å². The van der Waals surface area contributed by atoms with Crippen LogP contribution in [-0.2, 0) is 11.3 Å². The third-order valence-corrected chi connectivity index (χ3v) is 3.69. The molecule has 116 valence electrons. The number of carbonyl (C=O) groups is 1. The van der Waals surface area contributed by atoms with E-state index < -0.39 is 5.91 Å². The minimum absolute atomic E-state index is 0.0338. The number of primary amides is 1. The molecule has 1 aliphatic heterocycles. The molecule has 1 atom stereocenters. The van der Waals surface area contributed by atoms with Crippen LogP contribution in [0, 0.1) is 0 Å². The number of halogens is 1. The van der Waals surface area contributed by atoms with E-state index in [2.05, 4.69) is 15.0 Å². The van der Waals surface area contributed by atoms with Crippen LogP contribution in [-0.4, -0.2) is 40.6 Å². The summed E-state index contributed by atoms with van der Waals surface area (Å²) in [5, 5.41) is 4.45. The zero-order valence-corrected chi connectivity index (χ0v) is 12.5. The number of nitrogens with two attached hydrogens (primary N) is 1. The molecule has 1 amide bonds. The van der Waals surface area contributed by atoms with E-state index >= 15 is 0 Å². The molecule has 3 rings (SSSR count). The van der Waals surface area contributed by atoms with Crippen molar-refractivity contribution in [1.29, 1.82) is 0 Å². The van der Waals surface area contributed by atoms with Crippen molar-refractivity contribution in [3.05, 3.63) is 46.6 Å². The van der Waals surface area contributed by atoms with E-state index in [1.807, 2.05) is 24.3 Å². The van der Waals surface area contributed by atoms with E-state index in [4.69, 9.17) is 26.6 Å². The highest BCUT2D eigenvalue weighted by atomic mass is 35.5. The summed E-state index contributed by atoms with van der Waals surface area (Å²) >= 11 is 5.90. The lowest BCUT2D eigenvalue weighted by Gasteiger charge is -2.32. The maximum Gasteiger partial charge on any atom is 0.315 e. The Kier molecular flexibility index (Phi) is 4.37. The fraction of sp³-hybridized carbons (Fsp3) is 0.357. The largest absolute Gasteiger partial charge is 0.371 e. The van der Waals surface area contributed by atoms with Crippen molar-refractivity contribution in [3.63, 3.8) is 0 Å². The molecule has 1 unspecified atom stereocenters. The molecule has 2 N–H and O–H groups in total. The zero-order chi connectivity index (χ0) is 15.5. The molecule has 1 fully saturated rings. The molecule has 22 heavy (non-hydrogen) atoms. The van der Waals surface area contributed by atoms with E-state index in [0.717, 1.165) is 12.1 Å². The molecular formula is C14H15ClN4O3. The molecule has 0 spiro atoms. The minimum atomic E-state index is -0.722. The van der Waals surface area contributed by atoms with Gasteiger partial charge in [0.25, 0.3) is 0 Å². The highest BCUT2D eigenvalue weighted by molar-refractivity contribution is 6.30. The number of hydrogen-bond acceptors (Lipinski definition) is 6. The second-order valence-electron chi connectivity index (χ2n) is 5.03. The van der Waals surface area contributed by atoms with E-state index in [1.54, 1.807) is 0 Å². The molecule has 1 aromatic heterocycles. The molecule has 0 saturated carbocycles. The summed E-state index contributed by atoms with van der Waals surface area (Å²) in [6.07, 6.45) is -0.0338. The standard InChI is InChI=1S/C14H15ClN4O3/c15-10-3-1-9(2-4-10)11-7-19(5-6-21-11)8-12-17-14(13(16)20)22-18-12/h1-4,11H,5-8H2,(H2,16,20). The second-order valence-corrected chi connectivity index (χ2v) is 5.46. The minimum Gasteiger partial charge on any atom is -0.371 e. The van der Waals surface area contributed by atoms with E-state index in [1.165, 1.54) is 0 Å². The van der Waals surface area contributed by atoms with Crippen molar-refractivity contribution in [2.45, 2.75) is 12.6 Å². The van der Waals surface area contributed by atoms with Crippen molar-refractivity contribution in [2.24, 2.45) is 5.73 Å². The van der Waals surface area contributed by atoms with Crippen molar-refractivity contribution in [2.75, 3.05) is 19.7 Å². The van der Waals surface area contributed by atoms with Gasteiger partial charge in [-0.3, -0.25) is 9.69 Å². The summed E-state index contributed by atoms with van der Waals surface area (Å²) in [6.45, 7) is 2.53. The number of rotatable bonds is 4. The van der Waals surface area contributed by atoms with Crippen molar-refractivity contribution in [3.8, 4) is 0 Å². The van der Waals surface area contributed by atoms with Gasteiger partial charge in [-0.05, 0) is 17.7 Å². The summed E-state index contributed by atoms with van der Waals surface area (Å²) in [6, 6.07) is 7.60. The van der Waals surface area contributed by atoms with Gasteiger partial charge in [-0.2, -0.15) is 4.98 Å². The summed E-state index contributed by atoms with van der Waals surface area (Å²) in [5.74, 6) is -0.456.